The lowest BCUT2D eigenvalue weighted by atomic mass is 9.90. The van der Waals surface area contributed by atoms with E-state index in [-0.39, 0.29) is 23.6 Å². The van der Waals surface area contributed by atoms with Gasteiger partial charge in [0.1, 0.15) is 11.4 Å². The Hall–Kier alpha value is -4.20. The Morgan fingerprint density at radius 3 is 2.69 bits per heavy atom. The first-order valence-electron chi connectivity index (χ1n) is 11.7. The van der Waals surface area contributed by atoms with Gasteiger partial charge in [-0.1, -0.05) is 49.2 Å². The minimum absolute atomic E-state index is 0.0457. The van der Waals surface area contributed by atoms with Gasteiger partial charge in [-0.2, -0.15) is 4.98 Å². The van der Waals surface area contributed by atoms with Crippen molar-refractivity contribution in [2.45, 2.75) is 44.7 Å². The molecule has 1 fully saturated rings. The predicted molar refractivity (Wildman–Crippen MR) is 137 cm³/mol. The Labute approximate surface area is 205 Å². The van der Waals surface area contributed by atoms with Crippen molar-refractivity contribution in [1.29, 1.82) is 0 Å². The maximum Gasteiger partial charge on any atom is 0.254 e. The molecule has 179 valence electrons. The molecule has 1 heterocycles. The third kappa shape index (κ3) is 6.66. The van der Waals surface area contributed by atoms with E-state index in [1.165, 1.54) is 12.3 Å². The van der Waals surface area contributed by atoms with Gasteiger partial charge in [-0.15, -0.1) is 0 Å². The van der Waals surface area contributed by atoms with Crippen molar-refractivity contribution in [2.24, 2.45) is 5.73 Å². The van der Waals surface area contributed by atoms with Crippen LogP contribution in [0.25, 0.3) is 6.08 Å². The molecule has 2 aromatic carbocycles. The normalized spacial score (nSPS) is 17.6. The molecule has 0 aliphatic heterocycles. The molecule has 3 aromatic rings. The van der Waals surface area contributed by atoms with Crippen molar-refractivity contribution in [3.8, 4) is 0 Å². The molecule has 1 aromatic heterocycles. The minimum atomic E-state index is -0.614. The summed E-state index contributed by atoms with van der Waals surface area (Å²) in [5.74, 6) is -0.0746. The summed E-state index contributed by atoms with van der Waals surface area (Å²) in [6, 6.07) is 18.2. The molecule has 5 N–H and O–H groups in total. The number of amides is 2. The van der Waals surface area contributed by atoms with Gasteiger partial charge in [0.2, 0.25) is 11.9 Å². The second-order valence-electron chi connectivity index (χ2n) is 8.62. The molecule has 1 radical (unpaired) electrons. The first-order valence-corrected chi connectivity index (χ1v) is 11.7. The summed E-state index contributed by atoms with van der Waals surface area (Å²) in [5.41, 5.74) is 8.46. The molecule has 1 aliphatic rings. The minimum Gasteiger partial charge on any atom is -0.365 e. The summed E-state index contributed by atoms with van der Waals surface area (Å²) in [5, 5.41) is 9.63. The van der Waals surface area contributed by atoms with Crippen molar-refractivity contribution in [2.75, 3.05) is 10.6 Å². The number of aryl methyl sites for hydroxylation is 1. The van der Waals surface area contributed by atoms with E-state index in [9.17, 15) is 9.59 Å². The zero-order chi connectivity index (χ0) is 24.6. The van der Waals surface area contributed by atoms with Crippen LogP contribution in [0, 0.1) is 13.0 Å². The Kier molecular flexibility index (Phi) is 7.72. The van der Waals surface area contributed by atoms with Crippen LogP contribution >= 0.6 is 0 Å². The number of nitrogens with zero attached hydrogens (tertiary/aromatic N) is 2. The topological polar surface area (TPSA) is 122 Å². The number of hydrogen-bond acceptors (Lipinski definition) is 6. The fraction of sp³-hybridized carbons (Fsp3) is 0.259. The smallest absolute Gasteiger partial charge is 0.254 e. The number of primary amides is 1. The number of benzene rings is 2. The van der Waals surface area contributed by atoms with E-state index in [2.05, 4.69) is 32.0 Å². The van der Waals surface area contributed by atoms with Crippen LogP contribution in [0.4, 0.5) is 17.5 Å². The Bertz CT molecular complexity index is 1210. The number of hydrogen-bond donors (Lipinski definition) is 4. The zero-order valence-corrected chi connectivity index (χ0v) is 19.6. The van der Waals surface area contributed by atoms with Crippen molar-refractivity contribution in [3.63, 3.8) is 0 Å². The van der Waals surface area contributed by atoms with Gasteiger partial charge in [0.05, 0.1) is 0 Å². The zero-order valence-electron chi connectivity index (χ0n) is 19.6. The molecule has 1 aliphatic carbocycles. The number of nitrogens with two attached hydrogens (primary N) is 1. The van der Waals surface area contributed by atoms with Crippen LogP contribution in [-0.2, 0) is 4.79 Å². The molecule has 0 bridgehead atoms. The first kappa shape index (κ1) is 23.9. The molecule has 2 amide bonds. The summed E-state index contributed by atoms with van der Waals surface area (Å²) in [7, 11) is 0. The van der Waals surface area contributed by atoms with E-state index in [4.69, 9.17) is 5.73 Å². The van der Waals surface area contributed by atoms with E-state index >= 15 is 0 Å². The van der Waals surface area contributed by atoms with Gasteiger partial charge in [0, 0.05) is 30.0 Å². The quantitative estimate of drug-likeness (QED) is 0.370. The van der Waals surface area contributed by atoms with E-state index in [1.807, 2.05) is 55.5 Å². The molecule has 8 heteroatoms. The lowest BCUT2D eigenvalue weighted by molar-refractivity contribution is -0.117. The number of nitrogens with one attached hydrogen (secondary N) is 3. The third-order valence-corrected chi connectivity index (χ3v) is 5.89. The molecule has 2 atom stereocenters. The lowest BCUT2D eigenvalue weighted by Crippen LogP contribution is -2.48. The van der Waals surface area contributed by atoms with Crippen LogP contribution < -0.4 is 21.7 Å². The second kappa shape index (κ2) is 11.3. The number of rotatable bonds is 8. The number of aromatic nitrogens is 2. The van der Waals surface area contributed by atoms with Crippen LogP contribution in [0.5, 0.6) is 0 Å². The highest BCUT2D eigenvalue weighted by Gasteiger charge is 2.27. The summed E-state index contributed by atoms with van der Waals surface area (Å²) in [6.45, 7) is 1.98. The van der Waals surface area contributed by atoms with Crippen LogP contribution in [0.3, 0.4) is 0 Å². The van der Waals surface area contributed by atoms with E-state index < -0.39 is 5.91 Å². The summed E-state index contributed by atoms with van der Waals surface area (Å²) in [6.07, 6.45) is 8.47. The lowest BCUT2D eigenvalue weighted by Gasteiger charge is -2.32. The van der Waals surface area contributed by atoms with Crippen molar-refractivity contribution >= 4 is 35.3 Å². The Morgan fingerprint density at radius 2 is 1.94 bits per heavy atom. The molecular weight excluding hydrogens is 440 g/mol. The van der Waals surface area contributed by atoms with Gasteiger partial charge in [-0.25, -0.2) is 4.98 Å². The molecule has 0 saturated heterocycles. The molecule has 35 heavy (non-hydrogen) atoms. The highest BCUT2D eigenvalue weighted by Crippen LogP contribution is 2.24. The van der Waals surface area contributed by atoms with Gasteiger partial charge in [0.15, 0.2) is 0 Å². The van der Waals surface area contributed by atoms with Crippen LogP contribution in [0.15, 0.2) is 60.8 Å². The van der Waals surface area contributed by atoms with Crippen molar-refractivity contribution < 1.29 is 9.59 Å². The number of carbonyl (C=O) groups is 2. The average molecular weight is 470 g/mol. The van der Waals surface area contributed by atoms with Crippen molar-refractivity contribution in [3.05, 3.63) is 83.6 Å². The predicted octanol–water partition coefficient (Wildman–Crippen LogP) is 3.98. The fourth-order valence-electron chi connectivity index (χ4n) is 4.14. The van der Waals surface area contributed by atoms with Gasteiger partial charge in [-0.05, 0) is 55.2 Å². The van der Waals surface area contributed by atoms with Gasteiger partial charge in [-0.3, -0.25) is 9.59 Å². The highest BCUT2D eigenvalue weighted by molar-refractivity contribution is 5.98. The second-order valence-corrected chi connectivity index (χ2v) is 8.62. The Morgan fingerprint density at radius 1 is 1.11 bits per heavy atom. The van der Waals surface area contributed by atoms with Crippen LogP contribution in [0.1, 0.15) is 47.2 Å². The molecule has 0 unspecified atom stereocenters. The molecule has 4 rings (SSSR count). The van der Waals surface area contributed by atoms with Crippen LogP contribution in [0.2, 0.25) is 0 Å². The van der Waals surface area contributed by atoms with Gasteiger partial charge < -0.3 is 21.7 Å². The Balaban J connectivity index is 1.47. The van der Waals surface area contributed by atoms with E-state index in [0.29, 0.717) is 11.8 Å². The van der Waals surface area contributed by atoms with Crippen LogP contribution in [-0.4, -0.2) is 33.9 Å². The molecule has 8 nitrogen and oxygen atoms in total. The maximum absolute atomic E-state index is 12.6. The first-order chi connectivity index (χ1) is 17.0. The average Bonchev–Trinajstić information content (AvgIpc) is 2.85. The largest absolute Gasteiger partial charge is 0.365 e. The van der Waals surface area contributed by atoms with E-state index in [0.717, 1.165) is 42.5 Å². The fourth-order valence-corrected chi connectivity index (χ4v) is 4.14. The van der Waals surface area contributed by atoms with E-state index in [1.54, 1.807) is 6.08 Å². The van der Waals surface area contributed by atoms with Gasteiger partial charge in [0.25, 0.3) is 5.91 Å². The summed E-state index contributed by atoms with van der Waals surface area (Å²) < 4.78 is 0. The SMILES string of the molecule is Cc1cccc(Nc2nc(N[C@H]3CCCC[C@H]3NC(=O)/C=C\c3[c]cccc3)ncc2C(N)=O)c1. The summed E-state index contributed by atoms with van der Waals surface area (Å²) in [4.78, 5) is 33.3. The molecule has 0 spiro atoms. The molecular formula is C27H29N6O2. The standard InChI is InChI=1S/C27H29N6O2/c1-18-8-7-11-20(16-18)30-26-21(25(28)35)17-29-27(33-26)32-23-13-6-5-12-22(23)31-24(34)15-14-19-9-3-2-4-10-19/h2-4,7-9,11,14-17,22-23H,5-6,12-13H2,1H3,(H2,28,35)(H,31,34)(H2,29,30,32,33)/b15-14-/t22-,23+/m1/s1. The number of carbonyl (C=O) groups excluding carboxylic acids is 2. The monoisotopic (exact) mass is 469 g/mol. The number of anilines is 3. The third-order valence-electron chi connectivity index (χ3n) is 5.89. The van der Waals surface area contributed by atoms with Gasteiger partial charge >= 0.3 is 0 Å². The maximum atomic E-state index is 12.6. The summed E-state index contributed by atoms with van der Waals surface area (Å²) >= 11 is 0. The molecule has 1 saturated carbocycles. The highest BCUT2D eigenvalue weighted by atomic mass is 16.1. The van der Waals surface area contributed by atoms with Crippen molar-refractivity contribution in [1.82, 2.24) is 15.3 Å².